The predicted molar refractivity (Wildman–Crippen MR) is 53.7 cm³/mol. The molecular formula is C11H18O2. The Morgan fingerprint density at radius 3 is 2.85 bits per heavy atom. The lowest BCUT2D eigenvalue weighted by molar-refractivity contribution is 0.0738. The summed E-state index contributed by atoms with van der Waals surface area (Å²) in [5.41, 5.74) is 2.14. The molecule has 0 bridgehead atoms. The molecule has 1 aliphatic rings. The van der Waals surface area contributed by atoms with Gasteiger partial charge in [0.15, 0.2) is 0 Å². The first-order chi connectivity index (χ1) is 6.15. The molecule has 0 aliphatic heterocycles. The minimum atomic E-state index is 0.0879. The van der Waals surface area contributed by atoms with Gasteiger partial charge in [0.25, 0.3) is 0 Å². The third-order valence-corrected chi connectivity index (χ3v) is 2.30. The van der Waals surface area contributed by atoms with Crippen LogP contribution in [0.1, 0.15) is 33.6 Å². The van der Waals surface area contributed by atoms with Gasteiger partial charge in [-0.3, -0.25) is 0 Å². The normalized spacial score (nSPS) is 23.3. The second-order valence-electron chi connectivity index (χ2n) is 3.62. The van der Waals surface area contributed by atoms with Gasteiger partial charge >= 0.3 is 0 Å². The fourth-order valence-corrected chi connectivity index (χ4v) is 1.46. The largest absolute Gasteiger partial charge is 0.508 e. The number of ether oxygens (including phenoxy) is 1. The van der Waals surface area contributed by atoms with Gasteiger partial charge in [-0.25, -0.2) is 0 Å². The lowest BCUT2D eigenvalue weighted by Crippen LogP contribution is -2.19. The summed E-state index contributed by atoms with van der Waals surface area (Å²) in [5, 5.41) is 9.54. The van der Waals surface area contributed by atoms with Crippen LogP contribution in [0.25, 0.3) is 0 Å². The number of hydrogen-bond acceptors (Lipinski definition) is 2. The predicted octanol–water partition coefficient (Wildman–Crippen LogP) is 2.96. The van der Waals surface area contributed by atoms with Crippen LogP contribution in [-0.4, -0.2) is 17.8 Å². The molecule has 0 heterocycles. The van der Waals surface area contributed by atoms with Crippen molar-refractivity contribution in [1.29, 1.82) is 0 Å². The molecule has 2 heteroatoms. The maximum absolute atomic E-state index is 9.54. The van der Waals surface area contributed by atoms with E-state index in [2.05, 4.69) is 6.92 Å². The van der Waals surface area contributed by atoms with Crippen molar-refractivity contribution in [3.63, 3.8) is 0 Å². The Bertz CT molecular complexity index is 238. The summed E-state index contributed by atoms with van der Waals surface area (Å²) in [5.74, 6) is 0.379. The third kappa shape index (κ3) is 2.59. The van der Waals surface area contributed by atoms with Crippen LogP contribution in [0.3, 0.4) is 0 Å². The van der Waals surface area contributed by atoms with Crippen molar-refractivity contribution >= 4 is 0 Å². The van der Waals surface area contributed by atoms with Gasteiger partial charge in [0, 0.05) is 6.61 Å². The van der Waals surface area contributed by atoms with Gasteiger partial charge in [0.2, 0.25) is 0 Å². The van der Waals surface area contributed by atoms with Crippen molar-refractivity contribution in [2.24, 2.45) is 0 Å². The van der Waals surface area contributed by atoms with E-state index in [4.69, 9.17) is 4.74 Å². The average molecular weight is 182 g/mol. The summed E-state index contributed by atoms with van der Waals surface area (Å²) in [6.45, 7) is 6.80. The Morgan fingerprint density at radius 2 is 2.23 bits per heavy atom. The molecule has 0 aromatic carbocycles. The van der Waals surface area contributed by atoms with Crippen LogP contribution >= 0.6 is 0 Å². The van der Waals surface area contributed by atoms with Crippen LogP contribution in [-0.2, 0) is 4.74 Å². The molecule has 0 amide bonds. The number of hydrogen-bond donors (Lipinski definition) is 1. The summed E-state index contributed by atoms with van der Waals surface area (Å²) in [4.78, 5) is 0. The zero-order valence-electron chi connectivity index (χ0n) is 8.63. The molecule has 2 nitrogen and oxygen atoms in total. The second kappa shape index (κ2) is 4.47. The van der Waals surface area contributed by atoms with Gasteiger partial charge in [-0.2, -0.15) is 0 Å². The highest BCUT2D eigenvalue weighted by atomic mass is 16.5. The highest BCUT2D eigenvalue weighted by Gasteiger charge is 2.19. The van der Waals surface area contributed by atoms with Crippen molar-refractivity contribution in [3.05, 3.63) is 23.0 Å². The number of rotatable bonds is 3. The first kappa shape index (κ1) is 10.3. The molecule has 0 aromatic rings. The number of aliphatic hydroxyl groups excluding tert-OH is 1. The van der Waals surface area contributed by atoms with Crippen molar-refractivity contribution < 1.29 is 9.84 Å². The average Bonchev–Trinajstić information content (AvgIpc) is 2.09. The van der Waals surface area contributed by atoms with E-state index in [1.54, 1.807) is 0 Å². The van der Waals surface area contributed by atoms with Gasteiger partial charge in [-0.15, -0.1) is 0 Å². The summed E-state index contributed by atoms with van der Waals surface area (Å²) in [7, 11) is 0. The van der Waals surface area contributed by atoms with Crippen LogP contribution < -0.4 is 0 Å². The Balaban J connectivity index is 2.63. The van der Waals surface area contributed by atoms with Crippen LogP contribution in [0.2, 0.25) is 0 Å². The number of allylic oxidation sites excluding steroid dienone is 1. The Labute approximate surface area is 79.9 Å². The zero-order valence-corrected chi connectivity index (χ0v) is 8.63. The standard InChI is InChI=1S/C11H18O2/c1-4-5-13-11-7-8(2)6-10(12)9(11)3/h6,11-12H,4-5,7H2,1-3H3. The highest BCUT2D eigenvalue weighted by molar-refractivity contribution is 5.30. The topological polar surface area (TPSA) is 29.5 Å². The van der Waals surface area contributed by atoms with E-state index in [-0.39, 0.29) is 6.10 Å². The lowest BCUT2D eigenvalue weighted by Gasteiger charge is -2.23. The van der Waals surface area contributed by atoms with Crippen LogP contribution in [0, 0.1) is 0 Å². The maximum atomic E-state index is 9.54. The molecule has 1 N–H and O–H groups in total. The van der Waals surface area contributed by atoms with E-state index < -0.39 is 0 Å². The molecule has 0 fully saturated rings. The van der Waals surface area contributed by atoms with Crippen LogP contribution in [0.15, 0.2) is 23.0 Å². The molecule has 1 atom stereocenters. The fraction of sp³-hybridized carbons (Fsp3) is 0.636. The maximum Gasteiger partial charge on any atom is 0.117 e. The van der Waals surface area contributed by atoms with Crippen molar-refractivity contribution in [2.75, 3.05) is 6.61 Å². The first-order valence-corrected chi connectivity index (χ1v) is 4.83. The van der Waals surface area contributed by atoms with E-state index in [9.17, 15) is 5.11 Å². The van der Waals surface area contributed by atoms with Crippen molar-refractivity contribution in [2.45, 2.75) is 39.7 Å². The van der Waals surface area contributed by atoms with Gasteiger partial charge in [-0.05, 0) is 38.3 Å². The van der Waals surface area contributed by atoms with Crippen LogP contribution in [0.4, 0.5) is 0 Å². The number of aliphatic hydroxyl groups is 1. The molecule has 1 rings (SSSR count). The zero-order chi connectivity index (χ0) is 9.84. The van der Waals surface area contributed by atoms with Gasteiger partial charge < -0.3 is 9.84 Å². The molecular weight excluding hydrogens is 164 g/mol. The van der Waals surface area contributed by atoms with Gasteiger partial charge in [0.05, 0.1) is 6.10 Å². The van der Waals surface area contributed by atoms with E-state index >= 15 is 0 Å². The Kier molecular flexibility index (Phi) is 3.55. The van der Waals surface area contributed by atoms with Crippen molar-refractivity contribution in [1.82, 2.24) is 0 Å². The third-order valence-electron chi connectivity index (χ3n) is 2.30. The molecule has 0 aromatic heterocycles. The highest BCUT2D eigenvalue weighted by Crippen LogP contribution is 2.24. The Morgan fingerprint density at radius 1 is 1.54 bits per heavy atom. The quantitative estimate of drug-likeness (QED) is 0.727. The lowest BCUT2D eigenvalue weighted by atomic mass is 9.96. The Hall–Kier alpha value is -0.760. The SMILES string of the molecule is CCCOC1CC(C)=CC(O)=C1C. The van der Waals surface area contributed by atoms with E-state index in [1.165, 1.54) is 5.57 Å². The van der Waals surface area contributed by atoms with Crippen molar-refractivity contribution in [3.8, 4) is 0 Å². The molecule has 0 spiro atoms. The van der Waals surface area contributed by atoms with E-state index in [1.807, 2.05) is 19.9 Å². The smallest absolute Gasteiger partial charge is 0.117 e. The molecule has 1 unspecified atom stereocenters. The molecule has 1 aliphatic carbocycles. The molecule has 74 valence electrons. The molecule has 0 saturated carbocycles. The van der Waals surface area contributed by atoms with E-state index in [0.717, 1.165) is 25.0 Å². The summed E-state index contributed by atoms with van der Waals surface area (Å²) in [6.07, 6.45) is 3.84. The molecule has 0 saturated heterocycles. The molecule has 0 radical (unpaired) electrons. The van der Waals surface area contributed by atoms with Gasteiger partial charge in [-0.1, -0.05) is 12.5 Å². The van der Waals surface area contributed by atoms with Crippen LogP contribution in [0.5, 0.6) is 0 Å². The monoisotopic (exact) mass is 182 g/mol. The minimum Gasteiger partial charge on any atom is -0.508 e. The minimum absolute atomic E-state index is 0.0879. The fourth-order valence-electron chi connectivity index (χ4n) is 1.46. The molecule has 13 heavy (non-hydrogen) atoms. The summed E-state index contributed by atoms with van der Waals surface area (Å²) >= 11 is 0. The first-order valence-electron chi connectivity index (χ1n) is 4.83. The summed E-state index contributed by atoms with van der Waals surface area (Å²) in [6, 6.07) is 0. The summed E-state index contributed by atoms with van der Waals surface area (Å²) < 4.78 is 5.63. The van der Waals surface area contributed by atoms with Gasteiger partial charge in [0.1, 0.15) is 5.76 Å². The van der Waals surface area contributed by atoms with E-state index in [0.29, 0.717) is 5.76 Å². The second-order valence-corrected chi connectivity index (χ2v) is 3.62.